The first-order chi connectivity index (χ1) is 8.95. The molecule has 1 amide bonds. The minimum Gasteiger partial charge on any atom is -0.318 e. The molecule has 100 valence electrons. The minimum atomic E-state index is -0.320. The average molecular weight is 298 g/mol. The van der Waals surface area contributed by atoms with Crippen LogP contribution in [0.15, 0.2) is 24.3 Å². The quantitative estimate of drug-likeness (QED) is 0.508. The van der Waals surface area contributed by atoms with Gasteiger partial charge in [-0.05, 0) is 38.1 Å². The standard InChI is InChI=1S/C13H13Cl2N3O/c1-7-5-10(13(19)17-16)8(2)18(7)9-3-4-11(14)12(15)6-9/h3-6H,16H2,1-2H3,(H,17,19). The molecule has 1 aromatic heterocycles. The smallest absolute Gasteiger partial charge is 0.267 e. The number of benzene rings is 1. The van der Waals surface area contributed by atoms with E-state index in [9.17, 15) is 4.79 Å². The fraction of sp³-hybridized carbons (Fsp3) is 0.154. The molecule has 0 aliphatic carbocycles. The summed E-state index contributed by atoms with van der Waals surface area (Å²) in [6, 6.07) is 7.10. The van der Waals surface area contributed by atoms with Crippen molar-refractivity contribution in [2.45, 2.75) is 13.8 Å². The van der Waals surface area contributed by atoms with Crippen LogP contribution in [-0.4, -0.2) is 10.5 Å². The molecule has 0 saturated heterocycles. The van der Waals surface area contributed by atoms with Gasteiger partial charge in [-0.3, -0.25) is 10.2 Å². The number of aromatic nitrogens is 1. The Morgan fingerprint density at radius 3 is 2.47 bits per heavy atom. The largest absolute Gasteiger partial charge is 0.318 e. The normalized spacial score (nSPS) is 10.6. The van der Waals surface area contributed by atoms with Crippen molar-refractivity contribution >= 4 is 29.1 Å². The summed E-state index contributed by atoms with van der Waals surface area (Å²) in [7, 11) is 0. The van der Waals surface area contributed by atoms with Crippen LogP contribution in [0.3, 0.4) is 0 Å². The molecule has 0 bridgehead atoms. The van der Waals surface area contributed by atoms with Gasteiger partial charge in [-0.1, -0.05) is 23.2 Å². The molecule has 1 aromatic carbocycles. The van der Waals surface area contributed by atoms with Crippen molar-refractivity contribution in [3.8, 4) is 5.69 Å². The zero-order valence-corrected chi connectivity index (χ0v) is 12.0. The van der Waals surface area contributed by atoms with E-state index in [2.05, 4.69) is 5.43 Å². The van der Waals surface area contributed by atoms with E-state index >= 15 is 0 Å². The topological polar surface area (TPSA) is 60.1 Å². The van der Waals surface area contributed by atoms with Crippen molar-refractivity contribution in [2.24, 2.45) is 5.84 Å². The Morgan fingerprint density at radius 2 is 1.89 bits per heavy atom. The van der Waals surface area contributed by atoms with Crippen LogP contribution in [0.2, 0.25) is 10.0 Å². The lowest BCUT2D eigenvalue weighted by atomic mass is 10.2. The van der Waals surface area contributed by atoms with Gasteiger partial charge in [0, 0.05) is 17.1 Å². The molecule has 0 atom stereocenters. The Morgan fingerprint density at radius 1 is 1.21 bits per heavy atom. The summed E-state index contributed by atoms with van der Waals surface area (Å²) in [5.41, 5.74) is 5.22. The Hall–Kier alpha value is -1.49. The Balaban J connectivity index is 2.59. The Labute approximate surface area is 121 Å². The summed E-state index contributed by atoms with van der Waals surface area (Å²) in [5, 5.41) is 0.962. The number of nitrogens with zero attached hydrogens (tertiary/aromatic N) is 1. The van der Waals surface area contributed by atoms with Gasteiger partial charge < -0.3 is 4.57 Å². The third-order valence-electron chi connectivity index (χ3n) is 2.97. The fourth-order valence-electron chi connectivity index (χ4n) is 2.09. The number of hydrogen-bond donors (Lipinski definition) is 2. The molecule has 2 rings (SSSR count). The summed E-state index contributed by atoms with van der Waals surface area (Å²) in [6.07, 6.45) is 0. The van der Waals surface area contributed by atoms with E-state index in [1.165, 1.54) is 0 Å². The Kier molecular flexibility index (Phi) is 3.85. The van der Waals surface area contributed by atoms with Crippen LogP contribution >= 0.6 is 23.2 Å². The summed E-state index contributed by atoms with van der Waals surface area (Å²) in [4.78, 5) is 11.7. The molecule has 0 spiro atoms. The number of aryl methyl sites for hydroxylation is 1. The number of carbonyl (C=O) groups is 1. The van der Waals surface area contributed by atoms with Crippen LogP contribution in [0.1, 0.15) is 21.7 Å². The van der Waals surface area contributed by atoms with Gasteiger partial charge in [-0.2, -0.15) is 0 Å². The van der Waals surface area contributed by atoms with Crippen LogP contribution < -0.4 is 11.3 Å². The van der Waals surface area contributed by atoms with E-state index in [4.69, 9.17) is 29.0 Å². The minimum absolute atomic E-state index is 0.320. The molecule has 0 saturated carbocycles. The zero-order chi connectivity index (χ0) is 14.2. The first-order valence-electron chi connectivity index (χ1n) is 5.61. The highest BCUT2D eigenvalue weighted by molar-refractivity contribution is 6.42. The molecular weight excluding hydrogens is 285 g/mol. The summed E-state index contributed by atoms with van der Waals surface area (Å²) >= 11 is 11.9. The number of amides is 1. The van der Waals surface area contributed by atoms with E-state index in [0.29, 0.717) is 15.6 Å². The van der Waals surface area contributed by atoms with Crippen LogP contribution in [0.5, 0.6) is 0 Å². The molecule has 0 radical (unpaired) electrons. The lowest BCUT2D eigenvalue weighted by Gasteiger charge is -2.10. The highest BCUT2D eigenvalue weighted by Gasteiger charge is 2.16. The third kappa shape index (κ3) is 2.47. The van der Waals surface area contributed by atoms with E-state index in [0.717, 1.165) is 17.1 Å². The van der Waals surface area contributed by atoms with E-state index in [-0.39, 0.29) is 5.91 Å². The van der Waals surface area contributed by atoms with Gasteiger partial charge in [0.1, 0.15) is 0 Å². The first-order valence-corrected chi connectivity index (χ1v) is 6.36. The summed E-state index contributed by atoms with van der Waals surface area (Å²) < 4.78 is 1.92. The van der Waals surface area contributed by atoms with Crippen LogP contribution in [0, 0.1) is 13.8 Å². The number of hydrazine groups is 1. The zero-order valence-electron chi connectivity index (χ0n) is 10.5. The van der Waals surface area contributed by atoms with Gasteiger partial charge in [-0.25, -0.2) is 5.84 Å². The van der Waals surface area contributed by atoms with Crippen LogP contribution in [0.25, 0.3) is 5.69 Å². The van der Waals surface area contributed by atoms with Gasteiger partial charge in [0.25, 0.3) is 5.91 Å². The maximum Gasteiger partial charge on any atom is 0.267 e. The van der Waals surface area contributed by atoms with E-state index in [1.54, 1.807) is 18.2 Å². The SMILES string of the molecule is Cc1cc(C(=O)NN)c(C)n1-c1ccc(Cl)c(Cl)c1. The van der Waals surface area contributed by atoms with Crippen molar-refractivity contribution < 1.29 is 4.79 Å². The van der Waals surface area contributed by atoms with Crippen LogP contribution in [0.4, 0.5) is 0 Å². The van der Waals surface area contributed by atoms with Crippen molar-refractivity contribution in [2.75, 3.05) is 0 Å². The van der Waals surface area contributed by atoms with Crippen LogP contribution in [-0.2, 0) is 0 Å². The van der Waals surface area contributed by atoms with Gasteiger partial charge in [0.15, 0.2) is 0 Å². The molecule has 0 aliphatic heterocycles. The van der Waals surface area contributed by atoms with Gasteiger partial charge in [0.2, 0.25) is 0 Å². The van der Waals surface area contributed by atoms with Crippen molar-refractivity contribution in [3.05, 3.63) is 51.3 Å². The number of nitrogens with one attached hydrogen (secondary N) is 1. The number of halogens is 2. The first kappa shape index (κ1) is 13.9. The van der Waals surface area contributed by atoms with Crippen molar-refractivity contribution in [1.29, 1.82) is 0 Å². The van der Waals surface area contributed by atoms with Gasteiger partial charge in [0.05, 0.1) is 15.6 Å². The van der Waals surface area contributed by atoms with E-state index < -0.39 is 0 Å². The predicted molar refractivity (Wildman–Crippen MR) is 76.9 cm³/mol. The molecule has 0 aliphatic rings. The monoisotopic (exact) mass is 297 g/mol. The molecule has 4 nitrogen and oxygen atoms in total. The number of rotatable bonds is 2. The molecule has 1 heterocycles. The predicted octanol–water partition coefficient (Wildman–Crippen LogP) is 3.00. The second kappa shape index (κ2) is 5.25. The number of nitrogens with two attached hydrogens (primary N) is 1. The maximum atomic E-state index is 11.7. The van der Waals surface area contributed by atoms with Gasteiger partial charge in [-0.15, -0.1) is 0 Å². The lowest BCUT2D eigenvalue weighted by Crippen LogP contribution is -2.30. The number of carbonyl (C=O) groups excluding carboxylic acids is 1. The summed E-state index contributed by atoms with van der Waals surface area (Å²) in [6.45, 7) is 3.75. The molecule has 0 fully saturated rings. The maximum absolute atomic E-state index is 11.7. The average Bonchev–Trinajstić information content (AvgIpc) is 2.68. The Bertz CT molecular complexity index is 650. The molecule has 2 aromatic rings. The molecule has 19 heavy (non-hydrogen) atoms. The third-order valence-corrected chi connectivity index (χ3v) is 3.71. The fourth-order valence-corrected chi connectivity index (χ4v) is 2.38. The molecule has 6 heteroatoms. The second-order valence-electron chi connectivity index (χ2n) is 4.19. The van der Waals surface area contributed by atoms with Gasteiger partial charge >= 0.3 is 0 Å². The molecule has 3 N–H and O–H groups in total. The molecular formula is C13H13Cl2N3O. The van der Waals surface area contributed by atoms with Crippen molar-refractivity contribution in [3.63, 3.8) is 0 Å². The lowest BCUT2D eigenvalue weighted by molar-refractivity contribution is 0.0953. The number of nitrogen functional groups attached to an aromatic ring is 1. The van der Waals surface area contributed by atoms with Crippen molar-refractivity contribution in [1.82, 2.24) is 9.99 Å². The highest BCUT2D eigenvalue weighted by Crippen LogP contribution is 2.27. The van der Waals surface area contributed by atoms with E-state index in [1.807, 2.05) is 24.5 Å². The highest BCUT2D eigenvalue weighted by atomic mass is 35.5. The summed E-state index contributed by atoms with van der Waals surface area (Å²) in [5.74, 6) is 4.85. The molecule has 0 unspecified atom stereocenters. The number of hydrogen-bond acceptors (Lipinski definition) is 2. The second-order valence-corrected chi connectivity index (χ2v) is 5.01.